The van der Waals surface area contributed by atoms with Crippen LogP contribution in [0.2, 0.25) is 0 Å². The van der Waals surface area contributed by atoms with E-state index in [0.29, 0.717) is 19.7 Å². The summed E-state index contributed by atoms with van der Waals surface area (Å²) in [6, 6.07) is 5.70. The zero-order valence-corrected chi connectivity index (χ0v) is 11.6. The van der Waals surface area contributed by atoms with Gasteiger partial charge in [-0.2, -0.15) is 5.26 Å². The lowest BCUT2D eigenvalue weighted by atomic mass is 10.1. The molecular formula is C14H18FN3O2. The Bertz CT molecular complexity index is 500. The predicted molar refractivity (Wildman–Crippen MR) is 72.3 cm³/mol. The highest BCUT2D eigenvalue weighted by atomic mass is 19.1. The number of nitriles is 1. The van der Waals surface area contributed by atoms with Gasteiger partial charge in [0.25, 0.3) is 0 Å². The summed E-state index contributed by atoms with van der Waals surface area (Å²) >= 11 is 0. The van der Waals surface area contributed by atoms with Crippen LogP contribution in [0.3, 0.4) is 0 Å². The van der Waals surface area contributed by atoms with Crippen molar-refractivity contribution in [3.63, 3.8) is 0 Å². The molecule has 0 heterocycles. The van der Waals surface area contributed by atoms with Gasteiger partial charge in [0.15, 0.2) is 0 Å². The molecule has 1 unspecified atom stereocenters. The molecule has 0 spiro atoms. The minimum atomic E-state index is -0.540. The first-order valence-electron chi connectivity index (χ1n) is 6.27. The number of nitrogens with zero attached hydrogens (tertiary/aromatic N) is 1. The summed E-state index contributed by atoms with van der Waals surface area (Å²) in [5, 5.41) is 14.5. The minimum absolute atomic E-state index is 0.00139. The molecule has 0 aliphatic rings. The first-order chi connectivity index (χ1) is 9.58. The molecule has 20 heavy (non-hydrogen) atoms. The van der Waals surface area contributed by atoms with Crippen molar-refractivity contribution in [2.24, 2.45) is 0 Å². The third-order valence-corrected chi connectivity index (χ3v) is 2.76. The van der Waals surface area contributed by atoms with Crippen molar-refractivity contribution in [1.82, 2.24) is 10.6 Å². The first kappa shape index (κ1) is 16.1. The fraction of sp³-hybridized carbons (Fsp3) is 0.429. The Morgan fingerprint density at radius 2 is 2.30 bits per heavy atom. The molecule has 0 aliphatic carbocycles. The number of hydrogen-bond donors (Lipinski definition) is 2. The zero-order valence-electron chi connectivity index (χ0n) is 11.6. The molecule has 0 aromatic heterocycles. The Morgan fingerprint density at radius 1 is 1.55 bits per heavy atom. The SMILES string of the molecule is COCCNC(=O)C(C)NCc1ccc(F)c(C#N)c1. The van der Waals surface area contributed by atoms with Crippen LogP contribution in [0.5, 0.6) is 0 Å². The van der Waals surface area contributed by atoms with Gasteiger partial charge in [-0.25, -0.2) is 4.39 Å². The topological polar surface area (TPSA) is 74.2 Å². The number of rotatable bonds is 7. The zero-order chi connectivity index (χ0) is 15.0. The molecule has 1 aromatic carbocycles. The Labute approximate surface area is 117 Å². The van der Waals surface area contributed by atoms with E-state index in [1.54, 1.807) is 26.2 Å². The van der Waals surface area contributed by atoms with Crippen LogP contribution in [-0.2, 0) is 16.1 Å². The molecule has 108 valence electrons. The van der Waals surface area contributed by atoms with Gasteiger partial charge in [-0.15, -0.1) is 0 Å². The largest absolute Gasteiger partial charge is 0.383 e. The fourth-order valence-corrected chi connectivity index (χ4v) is 1.56. The van der Waals surface area contributed by atoms with Gasteiger partial charge in [-0.3, -0.25) is 4.79 Å². The number of benzene rings is 1. The van der Waals surface area contributed by atoms with Gasteiger partial charge in [-0.1, -0.05) is 6.07 Å². The van der Waals surface area contributed by atoms with Gasteiger partial charge in [-0.05, 0) is 24.6 Å². The van der Waals surface area contributed by atoms with Crippen molar-refractivity contribution < 1.29 is 13.9 Å². The van der Waals surface area contributed by atoms with Gasteiger partial charge in [0, 0.05) is 20.2 Å². The molecule has 5 nitrogen and oxygen atoms in total. The summed E-state index contributed by atoms with van der Waals surface area (Å²) in [5.74, 6) is -0.675. The molecule has 0 radical (unpaired) electrons. The van der Waals surface area contributed by atoms with E-state index in [-0.39, 0.29) is 17.5 Å². The van der Waals surface area contributed by atoms with Crippen molar-refractivity contribution in [1.29, 1.82) is 5.26 Å². The highest BCUT2D eigenvalue weighted by Gasteiger charge is 2.11. The summed E-state index contributed by atoms with van der Waals surface area (Å²) in [6.45, 7) is 3.03. The fourth-order valence-electron chi connectivity index (χ4n) is 1.56. The van der Waals surface area contributed by atoms with Crippen LogP contribution in [-0.4, -0.2) is 32.2 Å². The predicted octanol–water partition coefficient (Wildman–Crippen LogP) is 0.938. The van der Waals surface area contributed by atoms with Crippen LogP contribution in [0.15, 0.2) is 18.2 Å². The smallest absolute Gasteiger partial charge is 0.236 e. The summed E-state index contributed by atoms with van der Waals surface area (Å²) in [4.78, 5) is 11.7. The molecule has 1 aromatic rings. The van der Waals surface area contributed by atoms with Crippen molar-refractivity contribution in [2.45, 2.75) is 19.5 Å². The molecule has 0 fully saturated rings. The molecule has 0 saturated heterocycles. The number of methoxy groups -OCH3 is 1. The van der Waals surface area contributed by atoms with Crippen LogP contribution < -0.4 is 10.6 Å². The van der Waals surface area contributed by atoms with Crippen LogP contribution in [0.25, 0.3) is 0 Å². The first-order valence-corrected chi connectivity index (χ1v) is 6.27. The molecule has 0 bridgehead atoms. The van der Waals surface area contributed by atoms with Gasteiger partial charge in [0.1, 0.15) is 11.9 Å². The van der Waals surface area contributed by atoms with Crippen LogP contribution in [0.1, 0.15) is 18.1 Å². The van der Waals surface area contributed by atoms with E-state index in [9.17, 15) is 9.18 Å². The Hall–Kier alpha value is -1.97. The Morgan fingerprint density at radius 3 is 2.95 bits per heavy atom. The van der Waals surface area contributed by atoms with E-state index in [2.05, 4.69) is 10.6 Å². The lowest BCUT2D eigenvalue weighted by Gasteiger charge is -2.14. The van der Waals surface area contributed by atoms with Gasteiger partial charge in [0.05, 0.1) is 18.2 Å². The Kier molecular flexibility index (Phi) is 6.64. The van der Waals surface area contributed by atoms with Gasteiger partial charge in [0.2, 0.25) is 5.91 Å². The van der Waals surface area contributed by atoms with Crippen LogP contribution in [0, 0.1) is 17.1 Å². The van der Waals surface area contributed by atoms with Crippen LogP contribution in [0.4, 0.5) is 4.39 Å². The molecular weight excluding hydrogens is 261 g/mol. The normalized spacial score (nSPS) is 11.7. The van der Waals surface area contributed by atoms with Gasteiger partial charge >= 0.3 is 0 Å². The van der Waals surface area contributed by atoms with E-state index in [1.165, 1.54) is 12.1 Å². The summed E-state index contributed by atoms with van der Waals surface area (Å²) in [6.07, 6.45) is 0. The van der Waals surface area contributed by atoms with Crippen molar-refractivity contribution in [2.75, 3.05) is 20.3 Å². The molecule has 6 heteroatoms. The highest BCUT2D eigenvalue weighted by Crippen LogP contribution is 2.09. The third-order valence-electron chi connectivity index (χ3n) is 2.76. The number of nitrogens with one attached hydrogen (secondary N) is 2. The molecule has 0 saturated carbocycles. The van der Waals surface area contributed by atoms with Crippen molar-refractivity contribution in [3.8, 4) is 6.07 Å². The standard InChI is InChI=1S/C14H18FN3O2/c1-10(14(19)17-5-6-20-2)18-9-11-3-4-13(15)12(7-11)8-16/h3-4,7,10,18H,5-6,9H2,1-2H3,(H,17,19). The van der Waals surface area contributed by atoms with Crippen molar-refractivity contribution >= 4 is 5.91 Å². The van der Waals surface area contributed by atoms with Crippen molar-refractivity contribution in [3.05, 3.63) is 35.1 Å². The van der Waals surface area contributed by atoms with E-state index >= 15 is 0 Å². The molecule has 2 N–H and O–H groups in total. The molecule has 1 amide bonds. The second-order valence-corrected chi connectivity index (χ2v) is 4.31. The second-order valence-electron chi connectivity index (χ2n) is 4.31. The molecule has 1 atom stereocenters. The quantitative estimate of drug-likeness (QED) is 0.728. The monoisotopic (exact) mass is 279 g/mol. The number of carbonyl (C=O) groups is 1. The summed E-state index contributed by atoms with van der Waals surface area (Å²) < 4.78 is 18.0. The Balaban J connectivity index is 2.46. The number of hydrogen-bond acceptors (Lipinski definition) is 4. The van der Waals surface area contributed by atoms with Gasteiger partial charge < -0.3 is 15.4 Å². The average Bonchev–Trinajstić information content (AvgIpc) is 2.46. The highest BCUT2D eigenvalue weighted by molar-refractivity contribution is 5.81. The minimum Gasteiger partial charge on any atom is -0.383 e. The van der Waals surface area contributed by atoms with E-state index < -0.39 is 5.82 Å². The lowest BCUT2D eigenvalue weighted by molar-refractivity contribution is -0.122. The average molecular weight is 279 g/mol. The number of carbonyl (C=O) groups excluding carboxylic acids is 1. The lowest BCUT2D eigenvalue weighted by Crippen LogP contribution is -2.42. The number of amides is 1. The number of halogens is 1. The maximum atomic E-state index is 13.2. The third kappa shape index (κ3) is 4.96. The maximum Gasteiger partial charge on any atom is 0.236 e. The maximum absolute atomic E-state index is 13.2. The van der Waals surface area contributed by atoms with E-state index in [0.717, 1.165) is 5.56 Å². The van der Waals surface area contributed by atoms with E-state index in [1.807, 2.05) is 0 Å². The van der Waals surface area contributed by atoms with Crippen LogP contribution >= 0.6 is 0 Å². The summed E-state index contributed by atoms with van der Waals surface area (Å²) in [5.41, 5.74) is 0.751. The molecule has 1 rings (SSSR count). The van der Waals surface area contributed by atoms with E-state index in [4.69, 9.17) is 10.00 Å². The second kappa shape index (κ2) is 8.25. The number of ether oxygens (including phenoxy) is 1. The summed E-state index contributed by atoms with van der Waals surface area (Å²) in [7, 11) is 1.56. The molecule has 0 aliphatic heterocycles.